The number of amides is 2. The summed E-state index contributed by atoms with van der Waals surface area (Å²) < 4.78 is 5.11. The Morgan fingerprint density at radius 1 is 1.14 bits per heavy atom. The lowest BCUT2D eigenvalue weighted by Crippen LogP contribution is -2.32. The molecule has 1 saturated heterocycles. The molecule has 4 nitrogen and oxygen atoms in total. The van der Waals surface area contributed by atoms with E-state index in [1.807, 2.05) is 0 Å². The van der Waals surface area contributed by atoms with Crippen molar-refractivity contribution in [2.75, 3.05) is 12.0 Å². The van der Waals surface area contributed by atoms with Gasteiger partial charge in [-0.05, 0) is 49.3 Å². The Bertz CT molecular complexity index is 616. The highest BCUT2D eigenvalue weighted by Gasteiger charge is 2.61. The topological polar surface area (TPSA) is 46.6 Å². The molecule has 2 saturated carbocycles. The van der Waals surface area contributed by atoms with E-state index in [1.165, 1.54) is 12.0 Å². The molecule has 2 amide bonds. The number of rotatable bonds is 2. The van der Waals surface area contributed by atoms with Crippen LogP contribution in [0.1, 0.15) is 19.3 Å². The van der Waals surface area contributed by atoms with E-state index in [9.17, 15) is 9.59 Å². The van der Waals surface area contributed by atoms with Crippen LogP contribution in [0.3, 0.4) is 0 Å². The number of methoxy groups -OCH3 is 1. The summed E-state index contributed by atoms with van der Waals surface area (Å²) in [7, 11) is 1.54. The molecule has 0 aromatic heterocycles. The number of imide groups is 1. The molecule has 0 radical (unpaired) electrons. The fourth-order valence-corrected chi connectivity index (χ4v) is 4.71. The maximum absolute atomic E-state index is 12.7. The molecular weight excluding hydrogens is 290 g/mol. The van der Waals surface area contributed by atoms with Gasteiger partial charge >= 0.3 is 0 Å². The van der Waals surface area contributed by atoms with Gasteiger partial charge in [0.2, 0.25) is 11.8 Å². The number of hydrogen-bond donors (Lipinski definition) is 0. The summed E-state index contributed by atoms with van der Waals surface area (Å²) in [5, 5.41) is 0.413. The highest BCUT2D eigenvalue weighted by atomic mass is 35.5. The maximum Gasteiger partial charge on any atom is 0.237 e. The maximum atomic E-state index is 12.7. The average Bonchev–Trinajstić information content (AvgIpc) is 3.13. The van der Waals surface area contributed by atoms with Gasteiger partial charge in [-0.2, -0.15) is 0 Å². The predicted octanol–water partition coefficient (Wildman–Crippen LogP) is 2.88. The lowest BCUT2D eigenvalue weighted by Gasteiger charge is -2.19. The van der Waals surface area contributed by atoms with Crippen LogP contribution in [0.2, 0.25) is 5.02 Å². The number of anilines is 1. The van der Waals surface area contributed by atoms with Crippen LogP contribution >= 0.6 is 11.6 Å². The first-order chi connectivity index (χ1) is 10.1. The zero-order chi connectivity index (χ0) is 14.7. The number of fused-ring (bicyclic) bond motifs is 5. The Labute approximate surface area is 128 Å². The molecule has 1 heterocycles. The second kappa shape index (κ2) is 4.47. The minimum absolute atomic E-state index is 0.0431. The summed E-state index contributed by atoms with van der Waals surface area (Å²) in [4.78, 5) is 26.7. The van der Waals surface area contributed by atoms with Crippen molar-refractivity contribution in [2.45, 2.75) is 19.3 Å². The van der Waals surface area contributed by atoms with E-state index < -0.39 is 0 Å². The lowest BCUT2D eigenvalue weighted by molar-refractivity contribution is -0.123. The van der Waals surface area contributed by atoms with Crippen LogP contribution in [-0.4, -0.2) is 18.9 Å². The standard InChI is InChI=1S/C16H16ClNO3/c1-21-12-5-4-10(7-11(12)17)18-15(19)13-8-2-3-9(6-8)14(13)16(18)20/h4-5,7-9,13-14H,2-3,6H2,1H3/t8-,9-,13+,14+/m0/s1. The molecule has 0 N–H and O–H groups in total. The molecule has 110 valence electrons. The van der Waals surface area contributed by atoms with Gasteiger partial charge in [0.25, 0.3) is 0 Å². The number of carbonyl (C=O) groups excluding carboxylic acids is 2. The van der Waals surface area contributed by atoms with Crippen molar-refractivity contribution in [3.8, 4) is 5.75 Å². The van der Waals surface area contributed by atoms with Crippen LogP contribution in [0.25, 0.3) is 0 Å². The summed E-state index contributed by atoms with van der Waals surface area (Å²) in [6.45, 7) is 0. The van der Waals surface area contributed by atoms with Gasteiger partial charge in [0.1, 0.15) is 5.75 Å². The number of nitrogens with zero attached hydrogens (tertiary/aromatic N) is 1. The van der Waals surface area contributed by atoms with Gasteiger partial charge < -0.3 is 4.74 Å². The largest absolute Gasteiger partial charge is 0.495 e. The molecule has 1 aromatic rings. The number of benzene rings is 1. The first-order valence-corrected chi connectivity index (χ1v) is 7.71. The Morgan fingerprint density at radius 3 is 2.29 bits per heavy atom. The molecule has 3 aliphatic rings. The van der Waals surface area contributed by atoms with Crippen LogP contribution in [-0.2, 0) is 9.59 Å². The Kier molecular flexibility index (Phi) is 2.80. The third-order valence-electron chi connectivity index (χ3n) is 5.32. The van der Waals surface area contributed by atoms with E-state index in [-0.39, 0.29) is 23.7 Å². The minimum atomic E-state index is -0.0999. The van der Waals surface area contributed by atoms with Crippen molar-refractivity contribution in [2.24, 2.45) is 23.7 Å². The van der Waals surface area contributed by atoms with Crippen LogP contribution in [0.4, 0.5) is 5.69 Å². The van der Waals surface area contributed by atoms with Crippen molar-refractivity contribution < 1.29 is 14.3 Å². The first-order valence-electron chi connectivity index (χ1n) is 7.33. The van der Waals surface area contributed by atoms with Gasteiger partial charge in [0.05, 0.1) is 29.7 Å². The Hall–Kier alpha value is -1.55. The van der Waals surface area contributed by atoms with Crippen molar-refractivity contribution in [3.63, 3.8) is 0 Å². The Morgan fingerprint density at radius 2 is 1.76 bits per heavy atom. The third-order valence-corrected chi connectivity index (χ3v) is 5.62. The highest BCUT2D eigenvalue weighted by Crippen LogP contribution is 2.56. The molecule has 1 aliphatic heterocycles. The van der Waals surface area contributed by atoms with Crippen LogP contribution < -0.4 is 9.64 Å². The number of ether oxygens (including phenoxy) is 1. The number of hydrogen-bond acceptors (Lipinski definition) is 3. The zero-order valence-corrected chi connectivity index (χ0v) is 12.5. The quantitative estimate of drug-likeness (QED) is 0.789. The van der Waals surface area contributed by atoms with Gasteiger partial charge in [0, 0.05) is 0 Å². The molecule has 0 spiro atoms. The van der Waals surface area contributed by atoms with Gasteiger partial charge in [0.15, 0.2) is 0 Å². The molecule has 21 heavy (non-hydrogen) atoms. The summed E-state index contributed by atoms with van der Waals surface area (Å²) >= 11 is 6.12. The van der Waals surface area contributed by atoms with E-state index in [4.69, 9.17) is 16.3 Å². The summed E-state index contributed by atoms with van der Waals surface area (Å²) in [6, 6.07) is 5.06. The average molecular weight is 306 g/mol. The van der Waals surface area contributed by atoms with Crippen LogP contribution in [0.5, 0.6) is 5.75 Å². The smallest absolute Gasteiger partial charge is 0.237 e. The fourth-order valence-electron chi connectivity index (χ4n) is 4.46. The summed E-state index contributed by atoms with van der Waals surface area (Å²) in [5.41, 5.74) is 0.560. The second-order valence-corrected chi connectivity index (χ2v) is 6.62. The van der Waals surface area contributed by atoms with E-state index in [0.717, 1.165) is 19.3 Å². The fraction of sp³-hybridized carbons (Fsp3) is 0.500. The predicted molar refractivity (Wildman–Crippen MR) is 78.3 cm³/mol. The molecular formula is C16H16ClNO3. The van der Waals surface area contributed by atoms with Gasteiger partial charge in [-0.3, -0.25) is 9.59 Å². The van der Waals surface area contributed by atoms with Gasteiger partial charge in [-0.1, -0.05) is 11.6 Å². The van der Waals surface area contributed by atoms with Crippen molar-refractivity contribution in [1.29, 1.82) is 0 Å². The Balaban J connectivity index is 1.72. The monoisotopic (exact) mass is 305 g/mol. The summed E-state index contributed by atoms with van der Waals surface area (Å²) in [6.07, 6.45) is 3.22. The molecule has 3 fully saturated rings. The number of halogens is 1. The lowest BCUT2D eigenvalue weighted by atomic mass is 9.81. The van der Waals surface area contributed by atoms with E-state index >= 15 is 0 Å². The van der Waals surface area contributed by atoms with Crippen molar-refractivity contribution in [1.82, 2.24) is 0 Å². The highest BCUT2D eigenvalue weighted by molar-refractivity contribution is 6.33. The molecule has 4 atom stereocenters. The molecule has 1 aromatic carbocycles. The van der Waals surface area contributed by atoms with Gasteiger partial charge in [-0.25, -0.2) is 4.90 Å². The SMILES string of the molecule is COc1ccc(N2C(=O)[C@@H]3[C@H]4CC[C@@H](C4)[C@H]3C2=O)cc1Cl. The van der Waals surface area contributed by atoms with Crippen LogP contribution in [0, 0.1) is 23.7 Å². The molecule has 2 aliphatic carbocycles. The molecule has 5 heteroatoms. The van der Waals surface area contributed by atoms with Gasteiger partial charge in [-0.15, -0.1) is 0 Å². The molecule has 0 unspecified atom stereocenters. The zero-order valence-electron chi connectivity index (χ0n) is 11.7. The second-order valence-electron chi connectivity index (χ2n) is 6.22. The normalized spacial score (nSPS) is 33.7. The van der Waals surface area contributed by atoms with Crippen LogP contribution in [0.15, 0.2) is 18.2 Å². The van der Waals surface area contributed by atoms with E-state index in [0.29, 0.717) is 28.3 Å². The van der Waals surface area contributed by atoms with E-state index in [2.05, 4.69) is 0 Å². The number of carbonyl (C=O) groups is 2. The van der Waals surface area contributed by atoms with E-state index in [1.54, 1.807) is 18.2 Å². The van der Waals surface area contributed by atoms with Crippen molar-refractivity contribution >= 4 is 29.1 Å². The third kappa shape index (κ3) is 1.68. The summed E-state index contributed by atoms with van der Waals surface area (Å²) in [5.74, 6) is 1.05. The molecule has 4 rings (SSSR count). The molecule has 2 bridgehead atoms. The first kappa shape index (κ1) is 13.1. The minimum Gasteiger partial charge on any atom is -0.495 e. The van der Waals surface area contributed by atoms with Crippen molar-refractivity contribution in [3.05, 3.63) is 23.2 Å².